The number of H-pyrrole nitrogens is 1. The Kier molecular flexibility index (Phi) is 3.97. The van der Waals surface area contributed by atoms with E-state index in [2.05, 4.69) is 36.4 Å². The summed E-state index contributed by atoms with van der Waals surface area (Å²) in [6, 6.07) is 11.2. The molecule has 112 valence electrons. The molecule has 1 heterocycles. The SMILES string of the molecule is COc1cc(C=NNc2nc3ccccc3[nH]2)cc(Br)c1O. The summed E-state index contributed by atoms with van der Waals surface area (Å²) in [5, 5.41) is 13.9. The van der Waals surface area contributed by atoms with Crippen LogP contribution in [0.15, 0.2) is 46.0 Å². The van der Waals surface area contributed by atoms with Crippen LogP contribution in [0.5, 0.6) is 11.5 Å². The van der Waals surface area contributed by atoms with Crippen LogP contribution in [0.4, 0.5) is 5.95 Å². The summed E-state index contributed by atoms with van der Waals surface area (Å²) in [6.07, 6.45) is 1.61. The van der Waals surface area contributed by atoms with Gasteiger partial charge in [0.25, 0.3) is 0 Å². The van der Waals surface area contributed by atoms with E-state index in [1.54, 1.807) is 18.3 Å². The number of phenolic OH excluding ortho intramolecular Hbond substituents is 1. The molecule has 1 aromatic heterocycles. The van der Waals surface area contributed by atoms with E-state index in [1.165, 1.54) is 7.11 Å². The van der Waals surface area contributed by atoms with Crippen molar-refractivity contribution in [2.45, 2.75) is 0 Å². The van der Waals surface area contributed by atoms with Gasteiger partial charge >= 0.3 is 0 Å². The number of benzene rings is 2. The van der Waals surface area contributed by atoms with Crippen LogP contribution >= 0.6 is 15.9 Å². The summed E-state index contributed by atoms with van der Waals surface area (Å²) in [4.78, 5) is 7.47. The van der Waals surface area contributed by atoms with Gasteiger partial charge in [0.1, 0.15) is 0 Å². The molecule has 0 saturated heterocycles. The molecule has 7 heteroatoms. The number of hydrogen-bond acceptors (Lipinski definition) is 5. The van der Waals surface area contributed by atoms with Crippen LogP contribution in [0.2, 0.25) is 0 Å². The Morgan fingerprint density at radius 1 is 1.36 bits per heavy atom. The monoisotopic (exact) mass is 360 g/mol. The van der Waals surface area contributed by atoms with Crippen LogP contribution in [-0.2, 0) is 0 Å². The van der Waals surface area contributed by atoms with Gasteiger partial charge in [-0.3, -0.25) is 0 Å². The highest BCUT2D eigenvalue weighted by Crippen LogP contribution is 2.34. The summed E-state index contributed by atoms with van der Waals surface area (Å²) in [5.74, 6) is 0.992. The Morgan fingerprint density at radius 3 is 2.95 bits per heavy atom. The molecule has 0 radical (unpaired) electrons. The lowest BCUT2D eigenvalue weighted by Crippen LogP contribution is -1.93. The number of rotatable bonds is 4. The molecule has 0 aliphatic carbocycles. The lowest BCUT2D eigenvalue weighted by atomic mass is 10.2. The van der Waals surface area contributed by atoms with E-state index in [9.17, 15) is 5.11 Å². The van der Waals surface area contributed by atoms with Crippen molar-refractivity contribution in [2.24, 2.45) is 5.10 Å². The molecule has 0 aliphatic rings. The molecule has 6 nitrogen and oxygen atoms in total. The van der Waals surface area contributed by atoms with Crippen molar-refractivity contribution in [3.63, 3.8) is 0 Å². The first-order chi connectivity index (χ1) is 10.7. The molecule has 0 aliphatic heterocycles. The third-order valence-corrected chi connectivity index (χ3v) is 3.65. The number of phenols is 1. The Morgan fingerprint density at radius 2 is 2.18 bits per heavy atom. The number of nitrogens with zero attached hydrogens (tertiary/aromatic N) is 2. The number of para-hydroxylation sites is 2. The van der Waals surface area contributed by atoms with Crippen molar-refractivity contribution < 1.29 is 9.84 Å². The minimum Gasteiger partial charge on any atom is -0.503 e. The van der Waals surface area contributed by atoms with Gasteiger partial charge < -0.3 is 14.8 Å². The minimum absolute atomic E-state index is 0.0601. The summed E-state index contributed by atoms with van der Waals surface area (Å²) < 4.78 is 5.63. The summed E-state index contributed by atoms with van der Waals surface area (Å²) >= 11 is 3.27. The van der Waals surface area contributed by atoms with Gasteiger partial charge in [-0.2, -0.15) is 5.10 Å². The molecule has 0 amide bonds. The highest BCUT2D eigenvalue weighted by atomic mass is 79.9. The first kappa shape index (κ1) is 14.4. The maximum Gasteiger partial charge on any atom is 0.222 e. The predicted molar refractivity (Wildman–Crippen MR) is 89.7 cm³/mol. The Bertz CT molecular complexity index is 812. The largest absolute Gasteiger partial charge is 0.503 e. The van der Waals surface area contributed by atoms with E-state index < -0.39 is 0 Å². The lowest BCUT2D eigenvalue weighted by molar-refractivity contribution is 0.372. The van der Waals surface area contributed by atoms with Crippen molar-refractivity contribution in [1.29, 1.82) is 0 Å². The summed E-state index contributed by atoms with van der Waals surface area (Å²) in [7, 11) is 1.50. The van der Waals surface area contributed by atoms with Gasteiger partial charge in [-0.25, -0.2) is 10.4 Å². The number of imidazole rings is 1. The summed E-state index contributed by atoms with van der Waals surface area (Å²) in [5.41, 5.74) is 5.42. The van der Waals surface area contributed by atoms with Gasteiger partial charge in [0.2, 0.25) is 5.95 Å². The van der Waals surface area contributed by atoms with E-state index in [1.807, 2.05) is 24.3 Å². The van der Waals surface area contributed by atoms with E-state index in [0.717, 1.165) is 16.6 Å². The van der Waals surface area contributed by atoms with Crippen molar-refractivity contribution >= 4 is 39.1 Å². The van der Waals surface area contributed by atoms with Crippen LogP contribution < -0.4 is 10.2 Å². The number of halogens is 1. The van der Waals surface area contributed by atoms with Crippen LogP contribution in [0.25, 0.3) is 11.0 Å². The van der Waals surface area contributed by atoms with Crippen molar-refractivity contribution in [3.05, 3.63) is 46.4 Å². The molecule has 3 rings (SSSR count). The predicted octanol–water partition coefficient (Wildman–Crippen LogP) is 3.49. The molecule has 0 unspecified atom stereocenters. The van der Waals surface area contributed by atoms with E-state index >= 15 is 0 Å². The number of aromatic nitrogens is 2. The molecule has 0 atom stereocenters. The number of hydrogen-bond donors (Lipinski definition) is 3. The Balaban J connectivity index is 1.78. The third kappa shape index (κ3) is 2.89. The fraction of sp³-hybridized carbons (Fsp3) is 0.0667. The van der Waals surface area contributed by atoms with Gasteiger partial charge in [-0.15, -0.1) is 0 Å². The number of anilines is 1. The molecular weight excluding hydrogens is 348 g/mol. The van der Waals surface area contributed by atoms with Crippen molar-refractivity contribution in [1.82, 2.24) is 9.97 Å². The van der Waals surface area contributed by atoms with Gasteiger partial charge in [0.15, 0.2) is 11.5 Å². The number of nitrogens with one attached hydrogen (secondary N) is 2. The maximum absolute atomic E-state index is 9.76. The average molecular weight is 361 g/mol. The maximum atomic E-state index is 9.76. The van der Waals surface area contributed by atoms with Gasteiger partial charge in [-0.05, 0) is 45.8 Å². The van der Waals surface area contributed by atoms with Crippen molar-refractivity contribution in [2.75, 3.05) is 12.5 Å². The number of fused-ring (bicyclic) bond motifs is 1. The molecular formula is C15H13BrN4O2. The third-order valence-electron chi connectivity index (χ3n) is 3.04. The minimum atomic E-state index is 0.0601. The average Bonchev–Trinajstić information content (AvgIpc) is 2.93. The second kappa shape index (κ2) is 6.07. The summed E-state index contributed by atoms with van der Waals surface area (Å²) in [6.45, 7) is 0. The molecule has 2 aromatic carbocycles. The van der Waals surface area contributed by atoms with E-state index in [4.69, 9.17) is 4.74 Å². The van der Waals surface area contributed by atoms with E-state index in [-0.39, 0.29) is 5.75 Å². The highest BCUT2D eigenvalue weighted by molar-refractivity contribution is 9.10. The first-order valence-corrected chi connectivity index (χ1v) is 7.27. The number of methoxy groups -OCH3 is 1. The molecule has 22 heavy (non-hydrogen) atoms. The second-order valence-corrected chi connectivity index (χ2v) is 5.38. The molecule has 0 spiro atoms. The zero-order valence-electron chi connectivity index (χ0n) is 11.7. The smallest absolute Gasteiger partial charge is 0.222 e. The van der Waals surface area contributed by atoms with Crippen LogP contribution in [0.1, 0.15) is 5.56 Å². The normalized spacial score (nSPS) is 11.2. The van der Waals surface area contributed by atoms with E-state index in [0.29, 0.717) is 16.2 Å². The van der Waals surface area contributed by atoms with Crippen LogP contribution in [0.3, 0.4) is 0 Å². The van der Waals surface area contributed by atoms with Gasteiger partial charge in [0, 0.05) is 0 Å². The standard InChI is InChI=1S/C15H13BrN4O2/c1-22-13-7-9(6-10(16)14(13)21)8-17-20-15-18-11-4-2-3-5-12(11)19-15/h2-8,21H,1H3,(H2,18,19,20). The first-order valence-electron chi connectivity index (χ1n) is 6.47. The molecule has 3 aromatic rings. The number of ether oxygens (including phenoxy) is 1. The zero-order chi connectivity index (χ0) is 15.5. The molecule has 0 bridgehead atoms. The quantitative estimate of drug-likeness (QED) is 0.491. The van der Waals surface area contributed by atoms with Gasteiger partial charge in [0.05, 0.1) is 28.8 Å². The fourth-order valence-electron chi connectivity index (χ4n) is 2.00. The number of aromatic amines is 1. The topological polar surface area (TPSA) is 82.5 Å². The molecule has 0 fully saturated rings. The van der Waals surface area contributed by atoms with Crippen LogP contribution in [0, 0.1) is 0 Å². The number of hydrazone groups is 1. The lowest BCUT2D eigenvalue weighted by Gasteiger charge is -2.06. The van der Waals surface area contributed by atoms with Crippen molar-refractivity contribution in [3.8, 4) is 11.5 Å². The fourth-order valence-corrected chi connectivity index (χ4v) is 2.46. The second-order valence-electron chi connectivity index (χ2n) is 4.53. The van der Waals surface area contributed by atoms with Crippen LogP contribution in [-0.4, -0.2) is 28.4 Å². The highest BCUT2D eigenvalue weighted by Gasteiger charge is 2.07. The molecule has 0 saturated carbocycles. The Labute approximate surface area is 135 Å². The van der Waals surface area contributed by atoms with Gasteiger partial charge in [-0.1, -0.05) is 12.1 Å². The number of aromatic hydroxyl groups is 1. The Hall–Kier alpha value is -2.54. The molecule has 3 N–H and O–H groups in total. The zero-order valence-corrected chi connectivity index (χ0v) is 13.3.